The number of pyridine rings is 1. The number of morpholine rings is 1. The quantitative estimate of drug-likeness (QED) is 0.867. The van der Waals surface area contributed by atoms with Gasteiger partial charge >= 0.3 is 0 Å². The van der Waals surface area contributed by atoms with Crippen molar-refractivity contribution in [2.24, 2.45) is 0 Å². The molecule has 1 aliphatic rings. The number of ether oxygens (including phenoxy) is 1. The van der Waals surface area contributed by atoms with Crippen molar-refractivity contribution in [3.63, 3.8) is 0 Å². The summed E-state index contributed by atoms with van der Waals surface area (Å²) < 4.78 is 11.5. The molecule has 0 amide bonds. The van der Waals surface area contributed by atoms with Gasteiger partial charge in [-0.05, 0) is 38.6 Å². The zero-order valence-corrected chi connectivity index (χ0v) is 13.1. The minimum absolute atomic E-state index is 0.159. The first-order valence-corrected chi connectivity index (χ1v) is 7.38. The molecule has 116 valence electrons. The van der Waals surface area contributed by atoms with Crippen molar-refractivity contribution in [3.8, 4) is 0 Å². The lowest BCUT2D eigenvalue weighted by Gasteiger charge is -2.32. The van der Waals surface area contributed by atoms with Crippen LogP contribution in [0, 0.1) is 6.92 Å². The molecule has 0 saturated carbocycles. The highest BCUT2D eigenvalue weighted by Gasteiger charge is 2.28. The van der Waals surface area contributed by atoms with E-state index >= 15 is 0 Å². The third-order valence-electron chi connectivity index (χ3n) is 3.51. The zero-order chi connectivity index (χ0) is 15.5. The number of rotatable bonds is 3. The molecule has 6 heteroatoms. The molecule has 1 aliphatic heterocycles. The molecule has 2 aromatic heterocycles. The third kappa shape index (κ3) is 3.58. The smallest absolute Gasteiger partial charge is 0.246 e. The van der Waals surface area contributed by atoms with E-state index in [1.807, 2.05) is 38.3 Å². The Hall–Kier alpha value is -2.05. The molecule has 0 aliphatic carbocycles. The Morgan fingerprint density at radius 1 is 1.23 bits per heavy atom. The summed E-state index contributed by atoms with van der Waals surface area (Å²) in [6.45, 7) is 5.72. The fraction of sp³-hybridized carbons (Fsp3) is 0.438. The molecule has 3 rings (SSSR count). The lowest BCUT2D eigenvalue weighted by Crippen LogP contribution is -2.40. The van der Waals surface area contributed by atoms with Crippen molar-refractivity contribution in [1.29, 1.82) is 0 Å². The number of hydrogen-bond acceptors (Lipinski definition) is 6. The Kier molecular flexibility index (Phi) is 4.31. The van der Waals surface area contributed by atoms with Crippen LogP contribution in [0.1, 0.15) is 36.1 Å². The average Bonchev–Trinajstić information content (AvgIpc) is 2.95. The number of aryl methyl sites for hydroxylation is 1. The van der Waals surface area contributed by atoms with Gasteiger partial charge in [0.25, 0.3) is 0 Å². The Morgan fingerprint density at radius 2 is 2.09 bits per heavy atom. The summed E-state index contributed by atoms with van der Waals surface area (Å²) in [4.78, 5) is 6.50. The van der Waals surface area contributed by atoms with Crippen LogP contribution < -0.4 is 0 Å². The van der Waals surface area contributed by atoms with Crippen LogP contribution in [0.3, 0.4) is 0 Å². The average molecular weight is 300 g/mol. The molecule has 1 saturated heterocycles. The van der Waals surface area contributed by atoms with Crippen molar-refractivity contribution < 1.29 is 9.15 Å². The van der Waals surface area contributed by atoms with E-state index < -0.39 is 0 Å². The third-order valence-corrected chi connectivity index (χ3v) is 3.51. The van der Waals surface area contributed by atoms with Gasteiger partial charge in [0.05, 0.1) is 11.8 Å². The van der Waals surface area contributed by atoms with Crippen molar-refractivity contribution >= 4 is 12.2 Å². The van der Waals surface area contributed by atoms with Gasteiger partial charge in [-0.15, -0.1) is 10.2 Å². The highest BCUT2D eigenvalue weighted by Crippen LogP contribution is 2.23. The molecular formula is C16H20N4O2. The summed E-state index contributed by atoms with van der Waals surface area (Å²) in [6.07, 6.45) is 5.44. The molecule has 2 aromatic rings. The summed E-state index contributed by atoms with van der Waals surface area (Å²) >= 11 is 0. The largest absolute Gasteiger partial charge is 0.418 e. The first-order valence-electron chi connectivity index (χ1n) is 7.38. The maximum Gasteiger partial charge on any atom is 0.246 e. The zero-order valence-electron chi connectivity index (χ0n) is 13.1. The molecule has 3 heterocycles. The summed E-state index contributed by atoms with van der Waals surface area (Å²) in [7, 11) is 2.06. The van der Waals surface area contributed by atoms with Crippen LogP contribution in [0.5, 0.6) is 0 Å². The fourth-order valence-electron chi connectivity index (χ4n) is 2.48. The van der Waals surface area contributed by atoms with E-state index in [9.17, 15) is 0 Å². The maximum absolute atomic E-state index is 5.86. The van der Waals surface area contributed by atoms with Crippen molar-refractivity contribution in [3.05, 3.63) is 41.4 Å². The second kappa shape index (κ2) is 6.37. The van der Waals surface area contributed by atoms with Crippen LogP contribution in [0.15, 0.2) is 22.7 Å². The fourth-order valence-corrected chi connectivity index (χ4v) is 2.48. The lowest BCUT2D eigenvalue weighted by molar-refractivity contribution is -0.0823. The van der Waals surface area contributed by atoms with Crippen LogP contribution in [0.2, 0.25) is 0 Å². The number of likely N-dealkylation sites (N-methyl/N-ethyl adjacent to an activating group) is 1. The molecule has 0 spiro atoms. The van der Waals surface area contributed by atoms with Crippen molar-refractivity contribution in [2.75, 3.05) is 20.1 Å². The molecule has 22 heavy (non-hydrogen) atoms. The standard InChI is InChI=1S/C16H20N4O2/c1-11-4-5-13(17-8-11)6-7-15-18-19-16(22-15)14-10-20(3)9-12(2)21-14/h4-8,12,14H,9-10H2,1-3H3/b7-6+/t12-,14-/m1/s1. The Morgan fingerprint density at radius 3 is 2.82 bits per heavy atom. The van der Waals surface area contributed by atoms with Gasteiger partial charge < -0.3 is 14.1 Å². The van der Waals surface area contributed by atoms with E-state index in [-0.39, 0.29) is 12.2 Å². The SMILES string of the molecule is Cc1ccc(/C=C/c2nnc([C@H]3CN(C)C[C@@H](C)O3)o2)nc1. The van der Waals surface area contributed by atoms with Crippen LogP contribution in [0.4, 0.5) is 0 Å². The van der Waals surface area contributed by atoms with E-state index in [2.05, 4.69) is 27.1 Å². The molecule has 6 nitrogen and oxygen atoms in total. The summed E-state index contributed by atoms with van der Waals surface area (Å²) in [5.74, 6) is 0.983. The number of aromatic nitrogens is 3. The van der Waals surface area contributed by atoms with Crippen LogP contribution >= 0.6 is 0 Å². The van der Waals surface area contributed by atoms with Gasteiger partial charge in [0.1, 0.15) is 6.10 Å². The Bertz CT molecular complexity index is 640. The summed E-state index contributed by atoms with van der Waals surface area (Å²) in [5.41, 5.74) is 1.98. The van der Waals surface area contributed by atoms with Gasteiger partial charge in [0, 0.05) is 25.4 Å². The minimum Gasteiger partial charge on any atom is -0.418 e. The van der Waals surface area contributed by atoms with E-state index in [1.54, 1.807) is 6.08 Å². The highest BCUT2D eigenvalue weighted by molar-refractivity contribution is 5.63. The number of hydrogen-bond donors (Lipinski definition) is 0. The van der Waals surface area contributed by atoms with E-state index in [1.165, 1.54) is 0 Å². The molecule has 2 atom stereocenters. The predicted octanol–water partition coefficient (Wildman–Crippen LogP) is 2.34. The second-order valence-corrected chi connectivity index (χ2v) is 5.73. The van der Waals surface area contributed by atoms with E-state index in [0.29, 0.717) is 11.8 Å². The van der Waals surface area contributed by atoms with Crippen molar-refractivity contribution in [2.45, 2.75) is 26.1 Å². The molecule has 1 fully saturated rings. The molecule has 0 aromatic carbocycles. The molecule has 0 N–H and O–H groups in total. The van der Waals surface area contributed by atoms with E-state index in [4.69, 9.17) is 9.15 Å². The molecule has 0 radical (unpaired) electrons. The summed E-state index contributed by atoms with van der Waals surface area (Å²) in [6, 6.07) is 3.96. The molecule has 0 bridgehead atoms. The molecule has 0 unspecified atom stereocenters. The minimum atomic E-state index is -0.166. The monoisotopic (exact) mass is 300 g/mol. The predicted molar refractivity (Wildman–Crippen MR) is 83.0 cm³/mol. The Labute approximate surface area is 129 Å². The second-order valence-electron chi connectivity index (χ2n) is 5.73. The van der Waals surface area contributed by atoms with Crippen LogP contribution in [-0.4, -0.2) is 46.3 Å². The van der Waals surface area contributed by atoms with Gasteiger partial charge in [0.2, 0.25) is 11.8 Å². The van der Waals surface area contributed by atoms with Crippen molar-refractivity contribution in [1.82, 2.24) is 20.1 Å². The Balaban J connectivity index is 1.69. The van der Waals surface area contributed by atoms with Gasteiger partial charge in [-0.2, -0.15) is 0 Å². The van der Waals surface area contributed by atoms with Crippen LogP contribution in [-0.2, 0) is 4.74 Å². The van der Waals surface area contributed by atoms with Gasteiger partial charge in [-0.1, -0.05) is 6.07 Å². The maximum atomic E-state index is 5.86. The van der Waals surface area contributed by atoms with Crippen LogP contribution in [0.25, 0.3) is 12.2 Å². The number of nitrogens with zero attached hydrogens (tertiary/aromatic N) is 4. The normalized spacial score (nSPS) is 23.2. The van der Waals surface area contributed by atoms with E-state index in [0.717, 1.165) is 24.3 Å². The topological polar surface area (TPSA) is 64.3 Å². The van der Waals surface area contributed by atoms with Gasteiger partial charge in [0.15, 0.2) is 0 Å². The van der Waals surface area contributed by atoms with Gasteiger partial charge in [-0.25, -0.2) is 0 Å². The first-order chi connectivity index (χ1) is 10.6. The lowest BCUT2D eigenvalue weighted by atomic mass is 10.2. The highest BCUT2D eigenvalue weighted by atomic mass is 16.5. The first kappa shape index (κ1) is 14.9. The van der Waals surface area contributed by atoms with Gasteiger partial charge in [-0.3, -0.25) is 4.98 Å². The molecular weight excluding hydrogens is 280 g/mol. The summed E-state index contributed by atoms with van der Waals surface area (Å²) in [5, 5.41) is 8.14.